The van der Waals surface area contributed by atoms with Gasteiger partial charge in [-0.25, -0.2) is 8.42 Å². The third-order valence-corrected chi connectivity index (χ3v) is 7.25. The summed E-state index contributed by atoms with van der Waals surface area (Å²) in [4.78, 5) is 12.9. The van der Waals surface area contributed by atoms with Crippen LogP contribution >= 0.6 is 0 Å². The van der Waals surface area contributed by atoms with E-state index < -0.39 is 10.0 Å². The number of benzene rings is 2. The van der Waals surface area contributed by atoms with Crippen LogP contribution in [-0.2, 0) is 14.8 Å². The third-order valence-electron chi connectivity index (χ3n) is 5.46. The minimum atomic E-state index is -3.92. The first-order valence-corrected chi connectivity index (χ1v) is 12.8. The van der Waals surface area contributed by atoms with Crippen LogP contribution in [0.1, 0.15) is 52.0 Å². The highest BCUT2D eigenvalue weighted by Gasteiger charge is 2.27. The molecule has 0 heterocycles. The number of hydrogen-bond donors (Lipinski definition) is 1. The fraction of sp³-hybridized carbons (Fsp3) is 0.480. The summed E-state index contributed by atoms with van der Waals surface area (Å²) in [5.74, 6) is 0.728. The van der Waals surface area contributed by atoms with E-state index in [1.807, 2.05) is 13.8 Å². The molecule has 0 spiro atoms. The number of ether oxygens (including phenoxy) is 1. The lowest BCUT2D eigenvalue weighted by atomic mass is 9.99. The van der Waals surface area contributed by atoms with E-state index >= 15 is 0 Å². The largest absolute Gasteiger partial charge is 0.494 e. The number of unbranched alkanes of at least 4 members (excludes halogenated alkanes) is 1. The fourth-order valence-electron chi connectivity index (χ4n) is 3.42. The van der Waals surface area contributed by atoms with E-state index in [1.165, 1.54) is 0 Å². The van der Waals surface area contributed by atoms with Crippen molar-refractivity contribution in [2.75, 3.05) is 24.0 Å². The van der Waals surface area contributed by atoms with E-state index in [0.29, 0.717) is 30.5 Å². The van der Waals surface area contributed by atoms with Gasteiger partial charge in [0.15, 0.2) is 0 Å². The molecule has 32 heavy (non-hydrogen) atoms. The van der Waals surface area contributed by atoms with Gasteiger partial charge in [0.1, 0.15) is 12.3 Å². The minimum Gasteiger partial charge on any atom is -0.494 e. The van der Waals surface area contributed by atoms with Gasteiger partial charge >= 0.3 is 0 Å². The number of rotatable bonds is 13. The van der Waals surface area contributed by atoms with Crippen LogP contribution in [0, 0.1) is 12.8 Å². The van der Waals surface area contributed by atoms with Crippen LogP contribution in [0.5, 0.6) is 5.75 Å². The van der Waals surface area contributed by atoms with Gasteiger partial charge in [-0.05, 0) is 62.6 Å². The third kappa shape index (κ3) is 7.26. The predicted octanol–water partition coefficient (Wildman–Crippen LogP) is 4.92. The summed E-state index contributed by atoms with van der Waals surface area (Å²) in [6, 6.07) is 13.4. The molecule has 1 atom stereocenters. The van der Waals surface area contributed by atoms with Crippen molar-refractivity contribution in [2.24, 2.45) is 5.92 Å². The molecule has 6 nitrogen and oxygen atoms in total. The molecule has 2 aromatic rings. The van der Waals surface area contributed by atoms with Gasteiger partial charge in [-0.15, -0.1) is 0 Å². The maximum atomic E-state index is 13.4. The van der Waals surface area contributed by atoms with Gasteiger partial charge in [-0.3, -0.25) is 9.10 Å². The van der Waals surface area contributed by atoms with Gasteiger partial charge in [0.25, 0.3) is 10.0 Å². The number of nitrogens with zero attached hydrogens (tertiary/aromatic N) is 1. The summed E-state index contributed by atoms with van der Waals surface area (Å²) < 4.78 is 33.5. The molecule has 0 unspecified atom stereocenters. The average Bonchev–Trinajstić information content (AvgIpc) is 2.78. The summed E-state index contributed by atoms with van der Waals surface area (Å²) in [6.45, 7) is 8.83. The van der Waals surface area contributed by atoms with Crippen LogP contribution in [0.3, 0.4) is 0 Å². The molecule has 1 N–H and O–H groups in total. The Balaban J connectivity index is 2.25. The Bertz CT molecular complexity index is 941. The molecule has 0 aliphatic rings. The van der Waals surface area contributed by atoms with E-state index in [4.69, 9.17) is 4.74 Å². The molecule has 0 aliphatic carbocycles. The summed E-state index contributed by atoms with van der Waals surface area (Å²) in [5.41, 5.74) is 1.38. The van der Waals surface area contributed by atoms with Crippen LogP contribution in [0.4, 0.5) is 5.69 Å². The molecule has 7 heteroatoms. The van der Waals surface area contributed by atoms with Crippen LogP contribution in [0.25, 0.3) is 0 Å². The number of anilines is 1. The Morgan fingerprint density at radius 3 is 2.25 bits per heavy atom. The number of hydrogen-bond acceptors (Lipinski definition) is 4. The van der Waals surface area contributed by atoms with Crippen molar-refractivity contribution in [3.05, 3.63) is 54.1 Å². The second-order valence-electron chi connectivity index (χ2n) is 7.97. The van der Waals surface area contributed by atoms with Gasteiger partial charge in [0.05, 0.1) is 17.2 Å². The van der Waals surface area contributed by atoms with Gasteiger partial charge in [0.2, 0.25) is 5.91 Å². The molecule has 0 saturated carbocycles. The summed E-state index contributed by atoms with van der Waals surface area (Å²) in [5, 5.41) is 2.94. The summed E-state index contributed by atoms with van der Waals surface area (Å²) >= 11 is 0. The molecule has 0 bridgehead atoms. The smallest absolute Gasteiger partial charge is 0.264 e. The van der Waals surface area contributed by atoms with Gasteiger partial charge in [0, 0.05) is 6.54 Å². The number of sulfonamides is 1. The number of amides is 1. The fourth-order valence-corrected chi connectivity index (χ4v) is 4.84. The molecular formula is C25H36N2O4S. The molecule has 0 radical (unpaired) electrons. The van der Waals surface area contributed by atoms with Gasteiger partial charge in [-0.2, -0.15) is 0 Å². The Kier molecular flexibility index (Phi) is 10.0. The van der Waals surface area contributed by atoms with E-state index in [1.54, 1.807) is 48.5 Å². The van der Waals surface area contributed by atoms with E-state index in [2.05, 4.69) is 19.2 Å². The Morgan fingerprint density at radius 2 is 1.69 bits per heavy atom. The number of carbonyl (C=O) groups excluding carboxylic acids is 1. The summed E-state index contributed by atoms with van der Waals surface area (Å²) in [7, 11) is -3.92. The second kappa shape index (κ2) is 12.5. The molecular weight excluding hydrogens is 424 g/mol. The monoisotopic (exact) mass is 460 g/mol. The maximum Gasteiger partial charge on any atom is 0.264 e. The second-order valence-corrected chi connectivity index (χ2v) is 9.83. The van der Waals surface area contributed by atoms with E-state index in [0.717, 1.165) is 35.6 Å². The van der Waals surface area contributed by atoms with Crippen LogP contribution < -0.4 is 14.4 Å². The average molecular weight is 461 g/mol. The molecule has 2 rings (SSSR count). The quantitative estimate of drug-likeness (QED) is 0.460. The molecule has 0 aromatic heterocycles. The van der Waals surface area contributed by atoms with Crippen LogP contribution in [-0.4, -0.2) is 34.0 Å². The van der Waals surface area contributed by atoms with Crippen LogP contribution in [0.15, 0.2) is 53.4 Å². The molecule has 2 aromatic carbocycles. The van der Waals surface area contributed by atoms with Crippen molar-refractivity contribution < 1.29 is 17.9 Å². The first kappa shape index (κ1) is 25.7. The summed E-state index contributed by atoms with van der Waals surface area (Å²) in [6.07, 6.45) is 4.27. The van der Waals surface area contributed by atoms with Crippen molar-refractivity contribution in [1.82, 2.24) is 5.32 Å². The Morgan fingerprint density at radius 1 is 1.03 bits per heavy atom. The lowest BCUT2D eigenvalue weighted by Crippen LogP contribution is -2.42. The lowest BCUT2D eigenvalue weighted by molar-refractivity contribution is -0.119. The van der Waals surface area contributed by atoms with Crippen molar-refractivity contribution in [2.45, 2.75) is 58.3 Å². The first-order valence-electron chi connectivity index (χ1n) is 11.4. The number of nitrogens with one attached hydrogen (secondary N) is 1. The topological polar surface area (TPSA) is 75.7 Å². The minimum absolute atomic E-state index is 0.152. The van der Waals surface area contributed by atoms with Gasteiger partial charge in [-0.1, -0.05) is 50.8 Å². The predicted molar refractivity (Wildman–Crippen MR) is 130 cm³/mol. The molecule has 0 aliphatic heterocycles. The first-order chi connectivity index (χ1) is 15.3. The Labute approximate surface area is 193 Å². The Hall–Kier alpha value is -2.54. The van der Waals surface area contributed by atoms with Crippen molar-refractivity contribution in [3.63, 3.8) is 0 Å². The van der Waals surface area contributed by atoms with Crippen LogP contribution in [0.2, 0.25) is 0 Å². The maximum absolute atomic E-state index is 13.4. The molecule has 0 saturated heterocycles. The van der Waals surface area contributed by atoms with Crippen molar-refractivity contribution in [3.8, 4) is 5.75 Å². The highest BCUT2D eigenvalue weighted by Crippen LogP contribution is 2.26. The van der Waals surface area contributed by atoms with E-state index in [9.17, 15) is 13.2 Å². The molecule has 176 valence electrons. The molecule has 0 fully saturated rings. The van der Waals surface area contributed by atoms with Crippen molar-refractivity contribution in [1.29, 1.82) is 0 Å². The van der Waals surface area contributed by atoms with Crippen molar-refractivity contribution >= 4 is 21.6 Å². The number of aryl methyl sites for hydroxylation is 1. The normalized spacial score (nSPS) is 12.2. The standard InChI is InChI=1S/C25H36N2O4S/c1-5-8-9-21(6-2)18-26-25(28)19-27(22-12-14-23(15-13-22)31-7-3)32(29,30)24-16-10-20(4)11-17-24/h10-17,21H,5-9,18-19H2,1-4H3,(H,26,28)/t21-/m0/s1. The zero-order chi connectivity index (χ0) is 23.6. The zero-order valence-corrected chi connectivity index (χ0v) is 20.5. The highest BCUT2D eigenvalue weighted by molar-refractivity contribution is 7.92. The van der Waals surface area contributed by atoms with E-state index in [-0.39, 0.29) is 17.3 Å². The zero-order valence-electron chi connectivity index (χ0n) is 19.6. The number of carbonyl (C=O) groups is 1. The highest BCUT2D eigenvalue weighted by atomic mass is 32.2. The SMILES string of the molecule is CCCC[C@H](CC)CNC(=O)CN(c1ccc(OCC)cc1)S(=O)(=O)c1ccc(C)cc1. The molecule has 1 amide bonds. The van der Waals surface area contributed by atoms with Gasteiger partial charge < -0.3 is 10.1 Å². The lowest BCUT2D eigenvalue weighted by Gasteiger charge is -2.25.